The van der Waals surface area contributed by atoms with Crippen LogP contribution in [-0.4, -0.2) is 114 Å². The molecule has 1 aromatic carbocycles. The number of Topliss-reactive ketones (excluding diaryl/α,β-unsaturated/α-hetero) is 2. The second kappa shape index (κ2) is 12.3. The van der Waals surface area contributed by atoms with Gasteiger partial charge in [-0.15, -0.1) is 24.8 Å². The molecule has 43 heavy (non-hydrogen) atoms. The molecular formula is C28H39Cl2N5O8. The molecule has 1 fully saturated rings. The molecule has 7 N–H and O–H groups in total. The molecule has 1 aromatic rings. The summed E-state index contributed by atoms with van der Waals surface area (Å²) in [7, 11) is 10.0. The topological polar surface area (TPSA) is 197 Å². The van der Waals surface area contributed by atoms with E-state index in [-0.39, 0.29) is 54.5 Å². The molecule has 0 aromatic heterocycles. The molecule has 3 aliphatic carbocycles. The summed E-state index contributed by atoms with van der Waals surface area (Å²) in [6, 6.07) is -0.136. The number of primary amides is 1. The van der Waals surface area contributed by atoms with E-state index in [1.807, 2.05) is 0 Å². The van der Waals surface area contributed by atoms with Crippen LogP contribution >= 0.6 is 24.8 Å². The van der Waals surface area contributed by atoms with Crippen LogP contribution in [0.25, 0.3) is 5.76 Å². The maximum Gasteiger partial charge on any atom is 0.255 e. The molecule has 238 valence electrons. The summed E-state index contributed by atoms with van der Waals surface area (Å²) in [6.45, 7) is 1.68. The lowest BCUT2D eigenvalue weighted by atomic mass is 9.57. The SMILES string of the molecule is CC(C(=O)Nc1cc(N(C)C)c2c(c1O)C(O)=C1C(=O)[C@]3(O)C(O)=C(C(N)=O)C(=O)[C@@H](N(C)C)C3CC1C2)N(C)C.Cl.Cl. The van der Waals surface area contributed by atoms with E-state index >= 15 is 0 Å². The fraction of sp³-hybridized carbons (Fsp3) is 0.500. The van der Waals surface area contributed by atoms with Crippen LogP contribution in [0.3, 0.4) is 0 Å². The van der Waals surface area contributed by atoms with Gasteiger partial charge < -0.3 is 36.4 Å². The Bertz CT molecular complexity index is 1440. The van der Waals surface area contributed by atoms with Crippen molar-refractivity contribution < 1.29 is 39.6 Å². The third kappa shape index (κ3) is 5.33. The molecule has 0 radical (unpaired) electrons. The number of carbonyl (C=O) groups is 4. The second-order valence-electron chi connectivity index (χ2n) is 11.6. The van der Waals surface area contributed by atoms with E-state index in [2.05, 4.69) is 5.32 Å². The number of phenolic OH excluding ortho intramolecular Hbond substituents is 1. The van der Waals surface area contributed by atoms with Crippen molar-refractivity contribution >= 4 is 65.3 Å². The minimum absolute atomic E-state index is 0. The smallest absolute Gasteiger partial charge is 0.255 e. The highest BCUT2D eigenvalue weighted by Crippen LogP contribution is 2.54. The van der Waals surface area contributed by atoms with Crippen molar-refractivity contribution in [2.24, 2.45) is 17.6 Å². The number of aliphatic hydroxyl groups is 3. The first-order valence-corrected chi connectivity index (χ1v) is 13.1. The quantitative estimate of drug-likeness (QED) is 0.189. The van der Waals surface area contributed by atoms with Gasteiger partial charge in [-0.25, -0.2) is 0 Å². The van der Waals surface area contributed by atoms with Gasteiger partial charge in [0, 0.05) is 31.3 Å². The normalized spacial score (nSPS) is 25.3. The number of hydrogen-bond donors (Lipinski definition) is 6. The summed E-state index contributed by atoms with van der Waals surface area (Å²) in [4.78, 5) is 57.1. The Morgan fingerprint density at radius 3 is 2.14 bits per heavy atom. The van der Waals surface area contributed by atoms with E-state index in [1.165, 1.54) is 4.90 Å². The number of benzene rings is 1. The average molecular weight is 645 g/mol. The number of hydrogen-bond acceptors (Lipinski definition) is 11. The predicted octanol–water partition coefficient (Wildman–Crippen LogP) is 0.762. The number of ketones is 2. The van der Waals surface area contributed by atoms with Gasteiger partial charge in [0.05, 0.1) is 23.3 Å². The number of nitrogens with zero attached hydrogens (tertiary/aromatic N) is 3. The number of halogens is 2. The molecule has 4 rings (SSSR count). The van der Waals surface area contributed by atoms with Crippen LogP contribution in [0.2, 0.25) is 0 Å². The monoisotopic (exact) mass is 643 g/mol. The fourth-order valence-electron chi connectivity index (χ4n) is 6.26. The van der Waals surface area contributed by atoms with E-state index < -0.39 is 75.7 Å². The van der Waals surface area contributed by atoms with Crippen molar-refractivity contribution in [2.75, 3.05) is 52.5 Å². The van der Waals surface area contributed by atoms with Gasteiger partial charge in [0.25, 0.3) is 5.91 Å². The van der Waals surface area contributed by atoms with Gasteiger partial charge >= 0.3 is 0 Å². The lowest BCUT2D eigenvalue weighted by Gasteiger charge is -2.50. The number of nitrogens with two attached hydrogens (primary N) is 1. The molecule has 3 aliphatic rings. The van der Waals surface area contributed by atoms with E-state index in [0.717, 1.165) is 0 Å². The first kappa shape index (κ1) is 35.8. The van der Waals surface area contributed by atoms with Crippen LogP contribution in [0.4, 0.5) is 11.4 Å². The molecule has 0 saturated heterocycles. The predicted molar refractivity (Wildman–Crippen MR) is 165 cm³/mol. The zero-order valence-electron chi connectivity index (χ0n) is 25.0. The van der Waals surface area contributed by atoms with Crippen LogP contribution in [0.1, 0.15) is 24.5 Å². The number of anilines is 2. The Morgan fingerprint density at radius 2 is 1.65 bits per heavy atom. The molecule has 0 aliphatic heterocycles. The van der Waals surface area contributed by atoms with Gasteiger partial charge in [-0.05, 0) is 65.5 Å². The van der Waals surface area contributed by atoms with Crippen LogP contribution in [0.15, 0.2) is 23.0 Å². The maximum atomic E-state index is 14.0. The van der Waals surface area contributed by atoms with Gasteiger partial charge in [-0.3, -0.25) is 29.0 Å². The third-order valence-corrected chi connectivity index (χ3v) is 8.59. The maximum absolute atomic E-state index is 14.0. The third-order valence-electron chi connectivity index (χ3n) is 8.59. The zero-order chi connectivity index (χ0) is 30.9. The van der Waals surface area contributed by atoms with E-state index in [9.17, 15) is 39.6 Å². The molecule has 2 amide bonds. The van der Waals surface area contributed by atoms with Crippen LogP contribution in [0, 0.1) is 11.8 Å². The number of carbonyl (C=O) groups excluding carboxylic acids is 4. The molecule has 3 unspecified atom stereocenters. The largest absolute Gasteiger partial charge is 0.508 e. The van der Waals surface area contributed by atoms with Gasteiger partial charge in [0.2, 0.25) is 11.7 Å². The van der Waals surface area contributed by atoms with E-state index in [1.54, 1.807) is 65.1 Å². The lowest BCUT2D eigenvalue weighted by molar-refractivity contribution is -0.153. The molecule has 1 saturated carbocycles. The highest BCUT2D eigenvalue weighted by Gasteiger charge is 2.64. The molecule has 0 spiro atoms. The first-order valence-electron chi connectivity index (χ1n) is 13.1. The summed E-state index contributed by atoms with van der Waals surface area (Å²) < 4.78 is 0. The summed E-state index contributed by atoms with van der Waals surface area (Å²) >= 11 is 0. The minimum Gasteiger partial charge on any atom is -0.508 e. The van der Waals surface area contributed by atoms with Crippen molar-refractivity contribution in [3.05, 3.63) is 34.1 Å². The summed E-state index contributed by atoms with van der Waals surface area (Å²) in [5.41, 5.74) is 2.48. The summed E-state index contributed by atoms with van der Waals surface area (Å²) in [6.07, 6.45) is 0.121. The number of fused-ring (bicyclic) bond motifs is 3. The molecule has 0 heterocycles. The van der Waals surface area contributed by atoms with Gasteiger partial charge in [-0.2, -0.15) is 0 Å². The van der Waals surface area contributed by atoms with Gasteiger partial charge in [0.15, 0.2) is 11.4 Å². The van der Waals surface area contributed by atoms with Crippen molar-refractivity contribution in [3.63, 3.8) is 0 Å². The van der Waals surface area contributed by atoms with Gasteiger partial charge in [0.1, 0.15) is 22.8 Å². The Labute approximate surface area is 261 Å². The van der Waals surface area contributed by atoms with Crippen LogP contribution in [-0.2, 0) is 25.6 Å². The van der Waals surface area contributed by atoms with Crippen molar-refractivity contribution in [1.82, 2.24) is 9.80 Å². The van der Waals surface area contributed by atoms with Crippen molar-refractivity contribution in [2.45, 2.75) is 37.5 Å². The second-order valence-corrected chi connectivity index (χ2v) is 11.6. The Morgan fingerprint density at radius 1 is 1.07 bits per heavy atom. The standard InChI is InChI=1S/C28H37N5O8.2ClH/c1-11(31(2)3)27(40)30-15-10-16(32(4)5)13-8-12-9-14-20(33(6)7)23(36)19(26(29)39)25(38)28(14,41)24(37)17(12)22(35)18(13)21(15)34;;/h10-12,14,20,34-35,38,41H,8-9H2,1-7H3,(H2,29,39)(H,30,40);2*1H/t11?,12?,14?,20-,28-;;/m0../s1. The highest BCUT2D eigenvalue weighted by molar-refractivity contribution is 6.24. The van der Waals surface area contributed by atoms with Crippen LogP contribution in [0.5, 0.6) is 5.75 Å². The molecule has 5 atom stereocenters. The number of amides is 2. The molecule has 13 nitrogen and oxygen atoms in total. The average Bonchev–Trinajstić information content (AvgIpc) is 2.86. The van der Waals surface area contributed by atoms with Crippen LogP contribution < -0.4 is 16.0 Å². The summed E-state index contributed by atoms with van der Waals surface area (Å²) in [5.74, 6) is -7.74. The number of phenols is 1. The number of aliphatic hydroxyl groups excluding tert-OH is 2. The lowest BCUT2D eigenvalue weighted by Crippen LogP contribution is -2.65. The Kier molecular flexibility index (Phi) is 10.3. The molecule has 0 bridgehead atoms. The Hall–Kier alpha value is -3.36. The van der Waals surface area contributed by atoms with Gasteiger partial charge in [-0.1, -0.05) is 0 Å². The fourth-order valence-corrected chi connectivity index (χ4v) is 6.26. The highest BCUT2D eigenvalue weighted by atomic mass is 35.5. The zero-order valence-corrected chi connectivity index (χ0v) is 26.6. The number of aromatic hydroxyl groups is 1. The van der Waals surface area contributed by atoms with E-state index in [0.29, 0.717) is 11.3 Å². The first-order chi connectivity index (χ1) is 19.0. The molecule has 15 heteroatoms. The number of likely N-dealkylation sites (N-methyl/N-ethyl adjacent to an activating group) is 2. The van der Waals surface area contributed by atoms with Crippen molar-refractivity contribution in [3.8, 4) is 5.75 Å². The summed E-state index contributed by atoms with van der Waals surface area (Å²) in [5, 5.41) is 48.2. The number of nitrogens with one attached hydrogen (secondary N) is 1. The van der Waals surface area contributed by atoms with E-state index in [4.69, 9.17) is 5.73 Å². The van der Waals surface area contributed by atoms with Crippen molar-refractivity contribution in [1.29, 1.82) is 0 Å². The number of rotatable bonds is 6. The Balaban J connectivity index is 0.00000323. The molecular weight excluding hydrogens is 605 g/mol. The minimum atomic E-state index is -2.72.